The van der Waals surface area contributed by atoms with Gasteiger partial charge in [0.15, 0.2) is 0 Å². The Morgan fingerprint density at radius 2 is 1.79 bits per heavy atom. The minimum absolute atomic E-state index is 0.0325. The molecule has 0 bridgehead atoms. The van der Waals surface area contributed by atoms with Crippen molar-refractivity contribution in [1.29, 1.82) is 0 Å². The van der Waals surface area contributed by atoms with Crippen molar-refractivity contribution in [2.45, 2.75) is 121 Å². The van der Waals surface area contributed by atoms with E-state index in [1.54, 1.807) is 0 Å². The van der Waals surface area contributed by atoms with Gasteiger partial charge < -0.3 is 10.1 Å². The predicted octanol–water partition coefficient (Wildman–Crippen LogP) is 5.35. The van der Waals surface area contributed by atoms with E-state index in [-0.39, 0.29) is 46.9 Å². The molecule has 1 aromatic rings. The quantitative estimate of drug-likeness (QED) is 0.401. The van der Waals surface area contributed by atoms with Gasteiger partial charge in [-0.1, -0.05) is 38.5 Å². The first-order chi connectivity index (χ1) is 18.7. The topological polar surface area (TPSA) is 88.6 Å². The van der Waals surface area contributed by atoms with E-state index in [0.29, 0.717) is 56.7 Å². The second kappa shape index (κ2) is 12.0. The van der Waals surface area contributed by atoms with Crippen LogP contribution in [0.1, 0.15) is 113 Å². The van der Waals surface area contributed by atoms with Gasteiger partial charge in [-0.25, -0.2) is 4.39 Å². The summed E-state index contributed by atoms with van der Waals surface area (Å²) in [6.45, 7) is 4.64. The number of pyridine rings is 1. The lowest BCUT2D eigenvalue weighted by molar-refractivity contribution is -0.137. The number of halogens is 1. The summed E-state index contributed by atoms with van der Waals surface area (Å²) < 4.78 is 20.0. The number of hydrogen-bond acceptors (Lipinski definition) is 5. The van der Waals surface area contributed by atoms with Crippen LogP contribution in [0.3, 0.4) is 0 Å². The normalized spacial score (nSPS) is 30.3. The molecule has 3 amide bonds. The smallest absolute Gasteiger partial charge is 0.262 e. The molecule has 1 saturated heterocycles. The van der Waals surface area contributed by atoms with Crippen LogP contribution in [0.25, 0.3) is 0 Å². The largest absolute Gasteiger partial charge is 0.376 e. The Balaban J connectivity index is 1.28. The Kier molecular flexibility index (Phi) is 8.69. The highest BCUT2D eigenvalue weighted by Gasteiger charge is 2.42. The van der Waals surface area contributed by atoms with Crippen molar-refractivity contribution in [2.24, 2.45) is 17.8 Å². The van der Waals surface area contributed by atoms with Gasteiger partial charge in [0.25, 0.3) is 5.91 Å². The van der Waals surface area contributed by atoms with Gasteiger partial charge in [-0.2, -0.15) is 0 Å². The molecule has 0 aromatic carbocycles. The van der Waals surface area contributed by atoms with Gasteiger partial charge >= 0.3 is 0 Å². The van der Waals surface area contributed by atoms with E-state index in [9.17, 15) is 18.8 Å². The summed E-state index contributed by atoms with van der Waals surface area (Å²) in [6, 6.07) is 1.04. The summed E-state index contributed by atoms with van der Waals surface area (Å²) in [5.74, 6) is -0.909. The number of nitrogens with zero attached hydrogens (tertiary/aromatic N) is 2. The number of nitrogens with one attached hydrogen (secondary N) is 1. The highest BCUT2D eigenvalue weighted by Crippen LogP contribution is 2.35. The van der Waals surface area contributed by atoms with Crippen molar-refractivity contribution in [3.05, 3.63) is 29.3 Å². The number of carbonyl (C=O) groups excluding carboxylic acids is 3. The number of carbonyl (C=O) groups is 3. The first-order valence-corrected chi connectivity index (χ1v) is 15.2. The zero-order valence-electron chi connectivity index (χ0n) is 23.6. The average molecular weight is 542 g/mol. The Hall–Kier alpha value is -2.35. The molecule has 2 aliphatic heterocycles. The van der Waals surface area contributed by atoms with Gasteiger partial charge in [-0.3, -0.25) is 24.3 Å². The number of ether oxygens (including phenoxy) is 1. The molecule has 3 fully saturated rings. The Morgan fingerprint density at radius 1 is 1.08 bits per heavy atom. The molecule has 1 unspecified atom stereocenters. The fraction of sp³-hybridized carbons (Fsp3) is 0.742. The molecule has 5 rings (SSSR count). The predicted molar refractivity (Wildman–Crippen MR) is 145 cm³/mol. The van der Waals surface area contributed by atoms with Crippen LogP contribution in [-0.4, -0.2) is 51.9 Å². The third-order valence-corrected chi connectivity index (χ3v) is 9.48. The molecule has 1 aromatic heterocycles. The van der Waals surface area contributed by atoms with Crippen LogP contribution in [0.4, 0.5) is 4.39 Å². The lowest BCUT2D eigenvalue weighted by Gasteiger charge is -2.38. The minimum atomic E-state index is -0.556. The van der Waals surface area contributed by atoms with E-state index in [2.05, 4.69) is 10.3 Å². The second-order valence-corrected chi connectivity index (χ2v) is 13.0. The lowest BCUT2D eigenvalue weighted by Crippen LogP contribution is -2.51. The molecular weight excluding hydrogens is 497 g/mol. The number of aromatic nitrogens is 1. The van der Waals surface area contributed by atoms with Crippen LogP contribution in [0, 0.1) is 23.6 Å². The molecule has 1 N–H and O–H groups in total. The molecule has 2 saturated carbocycles. The van der Waals surface area contributed by atoms with Crippen LogP contribution in [-0.2, 0) is 20.7 Å². The van der Waals surface area contributed by atoms with Crippen molar-refractivity contribution in [1.82, 2.24) is 15.2 Å². The summed E-state index contributed by atoms with van der Waals surface area (Å²) in [6.07, 6.45) is 13.5. The van der Waals surface area contributed by atoms with Gasteiger partial charge in [-0.05, 0) is 70.8 Å². The van der Waals surface area contributed by atoms with Gasteiger partial charge in [0.2, 0.25) is 11.8 Å². The standard InChI is InChI=1S/C31H44FN3O4/c1-31(2)18-21(13-14-39-31)28(36)34-24-9-11-25(12-10-24)35-29(37)22(15-20-7-5-3-4-6-8-20)16-27-26(30(35)38)17-23(32)19-33-27/h17,19-22,24-25H,3-16,18H2,1-2H3,(H,34,36)/t21?,22-,24?,25?/m0/s1. The SMILES string of the molecule is CC1(C)CC(C(=O)NC2CCC(N3C(=O)c4cc(F)cnc4C[C@H](CC4CCCCCC4)C3=O)CC2)CCO1. The molecule has 3 heterocycles. The fourth-order valence-corrected chi connectivity index (χ4v) is 7.35. The monoisotopic (exact) mass is 541 g/mol. The summed E-state index contributed by atoms with van der Waals surface area (Å²) in [5, 5.41) is 3.23. The average Bonchev–Trinajstić information content (AvgIpc) is 3.22. The maximum Gasteiger partial charge on any atom is 0.262 e. The van der Waals surface area contributed by atoms with Crippen molar-refractivity contribution in [2.75, 3.05) is 6.61 Å². The number of rotatable bonds is 5. The first kappa shape index (κ1) is 28.2. The third kappa shape index (κ3) is 6.69. The van der Waals surface area contributed by atoms with E-state index < -0.39 is 11.7 Å². The number of fused-ring (bicyclic) bond motifs is 1. The summed E-state index contributed by atoms with van der Waals surface area (Å²) in [5.41, 5.74) is 0.476. The number of hydrogen-bond donors (Lipinski definition) is 1. The van der Waals surface area contributed by atoms with E-state index in [1.807, 2.05) is 13.8 Å². The van der Waals surface area contributed by atoms with Crippen LogP contribution in [0.2, 0.25) is 0 Å². The van der Waals surface area contributed by atoms with Gasteiger partial charge in [-0.15, -0.1) is 0 Å². The molecule has 2 atom stereocenters. The Morgan fingerprint density at radius 3 is 2.49 bits per heavy atom. The van der Waals surface area contributed by atoms with E-state index in [0.717, 1.165) is 31.9 Å². The zero-order chi connectivity index (χ0) is 27.6. The van der Waals surface area contributed by atoms with Crippen molar-refractivity contribution >= 4 is 17.7 Å². The zero-order valence-corrected chi connectivity index (χ0v) is 23.6. The molecule has 0 spiro atoms. The van der Waals surface area contributed by atoms with Gasteiger partial charge in [0.1, 0.15) is 5.82 Å². The van der Waals surface area contributed by atoms with Crippen molar-refractivity contribution in [3.8, 4) is 0 Å². The minimum Gasteiger partial charge on any atom is -0.376 e. The lowest BCUT2D eigenvalue weighted by atomic mass is 9.84. The molecule has 4 aliphatic rings. The summed E-state index contributed by atoms with van der Waals surface area (Å²) >= 11 is 0. The summed E-state index contributed by atoms with van der Waals surface area (Å²) in [4.78, 5) is 46.4. The molecule has 8 heteroatoms. The molecule has 7 nitrogen and oxygen atoms in total. The van der Waals surface area contributed by atoms with Gasteiger partial charge in [0, 0.05) is 36.9 Å². The van der Waals surface area contributed by atoms with Crippen LogP contribution >= 0.6 is 0 Å². The van der Waals surface area contributed by atoms with Crippen LogP contribution in [0.5, 0.6) is 0 Å². The van der Waals surface area contributed by atoms with E-state index >= 15 is 0 Å². The third-order valence-electron chi connectivity index (χ3n) is 9.48. The maximum atomic E-state index is 14.2. The molecular formula is C31H44FN3O4. The van der Waals surface area contributed by atoms with Crippen molar-refractivity contribution in [3.63, 3.8) is 0 Å². The second-order valence-electron chi connectivity index (χ2n) is 13.0. The van der Waals surface area contributed by atoms with Crippen molar-refractivity contribution < 1.29 is 23.5 Å². The highest BCUT2D eigenvalue weighted by atomic mass is 19.1. The van der Waals surface area contributed by atoms with E-state index in [4.69, 9.17) is 4.74 Å². The maximum absolute atomic E-state index is 14.2. The molecule has 0 radical (unpaired) electrons. The highest BCUT2D eigenvalue weighted by molar-refractivity contribution is 6.07. The first-order valence-electron chi connectivity index (χ1n) is 15.2. The number of amides is 3. The van der Waals surface area contributed by atoms with Crippen LogP contribution in [0.15, 0.2) is 12.3 Å². The summed E-state index contributed by atoms with van der Waals surface area (Å²) in [7, 11) is 0. The fourth-order valence-electron chi connectivity index (χ4n) is 7.35. The Labute approximate surface area is 231 Å². The molecule has 2 aliphatic carbocycles. The Bertz CT molecular complexity index is 1060. The number of imide groups is 1. The van der Waals surface area contributed by atoms with Crippen LogP contribution < -0.4 is 5.32 Å². The molecule has 214 valence electrons. The van der Waals surface area contributed by atoms with Gasteiger partial charge in [0.05, 0.1) is 23.1 Å². The van der Waals surface area contributed by atoms with E-state index in [1.165, 1.54) is 36.6 Å². The molecule has 39 heavy (non-hydrogen) atoms.